The maximum absolute atomic E-state index is 11.2. The Hall–Kier alpha value is -2.50. The first-order chi connectivity index (χ1) is 15.8. The minimum Gasteiger partial charge on any atom is -0.205 e. The van der Waals surface area contributed by atoms with E-state index in [1.807, 2.05) is 12.2 Å². The summed E-state index contributed by atoms with van der Waals surface area (Å²) in [7, 11) is 0. The predicted molar refractivity (Wildman–Crippen MR) is 137 cm³/mol. The first-order valence-electron chi connectivity index (χ1n) is 12.4. The molecule has 0 aliphatic rings. The number of rotatable bonds is 20. The van der Waals surface area contributed by atoms with Crippen molar-refractivity contribution in [2.75, 3.05) is 10.0 Å². The number of benzene rings is 1. The average Bonchev–Trinajstić information content (AvgIpc) is 2.82. The Balaban J connectivity index is 2.45. The Morgan fingerprint density at radius 2 is 0.938 bits per heavy atom. The molecule has 6 nitrogen and oxygen atoms in total. The van der Waals surface area contributed by atoms with Crippen LogP contribution in [0.3, 0.4) is 0 Å². The molecular weight excluding hydrogens is 400 g/mol. The molecule has 0 fully saturated rings. The summed E-state index contributed by atoms with van der Waals surface area (Å²) in [5, 5.41) is 8.81. The van der Waals surface area contributed by atoms with Gasteiger partial charge < -0.3 is 0 Å². The molecule has 0 amide bonds. The normalized spacial score (nSPS) is 11.3. The van der Waals surface area contributed by atoms with Gasteiger partial charge in [-0.2, -0.15) is 0 Å². The van der Waals surface area contributed by atoms with Crippen molar-refractivity contribution in [1.82, 2.24) is 0 Å². The molecule has 0 heterocycles. The minimum atomic E-state index is 0.657. The molecule has 6 heteroatoms. The summed E-state index contributed by atoms with van der Waals surface area (Å²) in [4.78, 5) is 22.5. The largest absolute Gasteiger partial charge is 0.205 e. The summed E-state index contributed by atoms with van der Waals surface area (Å²) < 4.78 is 0. The lowest BCUT2D eigenvalue weighted by atomic mass is 10.1. The van der Waals surface area contributed by atoms with Gasteiger partial charge in [0.05, 0.1) is 21.9 Å². The van der Waals surface area contributed by atoms with Gasteiger partial charge in [-0.1, -0.05) is 90.2 Å². The highest BCUT2D eigenvalue weighted by atomic mass is 16.3. The fourth-order valence-corrected chi connectivity index (χ4v) is 3.51. The maximum Gasteiger partial charge on any atom is 0.0679 e. The van der Waals surface area contributed by atoms with Crippen LogP contribution in [-0.4, -0.2) is 0 Å². The Labute approximate surface area is 194 Å². The highest BCUT2D eigenvalue weighted by Gasteiger charge is 2.06. The van der Waals surface area contributed by atoms with Gasteiger partial charge in [-0.25, -0.2) is 10.0 Å². The van der Waals surface area contributed by atoms with E-state index in [9.17, 15) is 9.81 Å². The third-order valence-corrected chi connectivity index (χ3v) is 5.50. The van der Waals surface area contributed by atoms with Gasteiger partial charge in [0.15, 0.2) is 0 Å². The monoisotopic (exact) mass is 442 g/mol. The predicted octanol–water partition coefficient (Wildman–Crippen LogP) is 9.19. The first-order valence-corrected chi connectivity index (χ1v) is 12.4. The fraction of sp³-hybridized carbons (Fsp3) is 0.615. The standard InChI is InChI=1S/C26H42N4O2/c1-3-5-7-9-11-13-15-17-23-29(27-31)25-19-21-26(22-20-25)30(28-32)24-18-16-14-12-10-8-6-4-2/h17-24H,3-16H2,1-2H3/b23-17+,24-18+. The van der Waals surface area contributed by atoms with Crippen LogP contribution in [0.15, 0.2) is 59.4 Å². The topological polar surface area (TPSA) is 65.3 Å². The molecule has 0 radical (unpaired) electrons. The van der Waals surface area contributed by atoms with Gasteiger partial charge in [0, 0.05) is 12.4 Å². The molecule has 32 heavy (non-hydrogen) atoms. The Bertz CT molecular complexity index is 601. The van der Waals surface area contributed by atoms with Crippen molar-refractivity contribution < 1.29 is 0 Å². The van der Waals surface area contributed by atoms with Gasteiger partial charge in [0.25, 0.3) is 0 Å². The van der Waals surface area contributed by atoms with E-state index < -0.39 is 0 Å². The number of nitroso groups, excluding NO2 is 2. The van der Waals surface area contributed by atoms with Gasteiger partial charge >= 0.3 is 0 Å². The number of unbranched alkanes of at least 4 members (excludes halogenated alkanes) is 12. The van der Waals surface area contributed by atoms with Crippen molar-refractivity contribution in [3.63, 3.8) is 0 Å². The molecule has 0 aromatic heterocycles. The van der Waals surface area contributed by atoms with Crippen molar-refractivity contribution >= 4 is 11.4 Å². The second kappa shape index (κ2) is 19.2. The second-order valence-electron chi connectivity index (χ2n) is 8.25. The van der Waals surface area contributed by atoms with Gasteiger partial charge in [0.1, 0.15) is 0 Å². The fourth-order valence-electron chi connectivity index (χ4n) is 3.51. The molecule has 1 aromatic carbocycles. The van der Waals surface area contributed by atoms with Crippen LogP contribution in [0.2, 0.25) is 0 Å². The van der Waals surface area contributed by atoms with Crippen LogP contribution < -0.4 is 10.0 Å². The Kier molecular flexibility index (Phi) is 16.5. The summed E-state index contributed by atoms with van der Waals surface area (Å²) in [6, 6.07) is 7.08. The van der Waals surface area contributed by atoms with E-state index in [1.54, 1.807) is 36.7 Å². The van der Waals surface area contributed by atoms with Gasteiger partial charge in [-0.15, -0.1) is 9.81 Å². The van der Waals surface area contributed by atoms with Crippen LogP contribution in [0.25, 0.3) is 0 Å². The third kappa shape index (κ3) is 12.4. The smallest absolute Gasteiger partial charge is 0.0679 e. The van der Waals surface area contributed by atoms with Crippen molar-refractivity contribution in [2.24, 2.45) is 10.6 Å². The maximum atomic E-state index is 11.2. The van der Waals surface area contributed by atoms with Crippen LogP contribution in [-0.2, 0) is 0 Å². The number of hydrogen-bond donors (Lipinski definition) is 0. The molecule has 0 aliphatic carbocycles. The molecule has 0 saturated carbocycles. The Morgan fingerprint density at radius 3 is 1.28 bits per heavy atom. The summed E-state index contributed by atoms with van der Waals surface area (Å²) in [5.41, 5.74) is 1.31. The van der Waals surface area contributed by atoms with Crippen molar-refractivity contribution in [1.29, 1.82) is 0 Å². The molecule has 0 spiro atoms. The zero-order chi connectivity index (χ0) is 23.3. The van der Waals surface area contributed by atoms with E-state index in [2.05, 4.69) is 24.4 Å². The molecule has 0 N–H and O–H groups in total. The lowest BCUT2D eigenvalue weighted by Gasteiger charge is -2.13. The molecular formula is C26H42N4O2. The summed E-state index contributed by atoms with van der Waals surface area (Å²) in [6.07, 6.45) is 24.2. The zero-order valence-corrected chi connectivity index (χ0v) is 20.1. The molecule has 0 aliphatic heterocycles. The number of anilines is 2. The molecule has 0 saturated heterocycles. The molecule has 0 unspecified atom stereocenters. The van der Waals surface area contributed by atoms with Gasteiger partial charge in [0.2, 0.25) is 0 Å². The van der Waals surface area contributed by atoms with Crippen molar-refractivity contribution in [2.45, 2.75) is 104 Å². The van der Waals surface area contributed by atoms with Crippen LogP contribution >= 0.6 is 0 Å². The van der Waals surface area contributed by atoms with E-state index in [-0.39, 0.29) is 0 Å². The molecule has 1 rings (SSSR count). The number of hydrogen-bond acceptors (Lipinski definition) is 4. The van der Waals surface area contributed by atoms with Crippen LogP contribution in [0.5, 0.6) is 0 Å². The lowest BCUT2D eigenvalue weighted by Crippen LogP contribution is -2.08. The van der Waals surface area contributed by atoms with Crippen molar-refractivity contribution in [3.05, 3.63) is 58.6 Å². The van der Waals surface area contributed by atoms with E-state index in [0.717, 1.165) is 25.7 Å². The van der Waals surface area contributed by atoms with Crippen LogP contribution in [0.1, 0.15) is 104 Å². The summed E-state index contributed by atoms with van der Waals surface area (Å²) in [6.45, 7) is 4.44. The van der Waals surface area contributed by atoms with E-state index in [0.29, 0.717) is 11.4 Å². The quantitative estimate of drug-likeness (QED) is 0.115. The van der Waals surface area contributed by atoms with Crippen LogP contribution in [0.4, 0.5) is 11.4 Å². The lowest BCUT2D eigenvalue weighted by molar-refractivity contribution is 0.611. The van der Waals surface area contributed by atoms with Gasteiger partial charge in [-0.3, -0.25) is 0 Å². The zero-order valence-electron chi connectivity index (χ0n) is 20.1. The molecule has 1 aromatic rings. The molecule has 0 atom stereocenters. The second-order valence-corrected chi connectivity index (χ2v) is 8.25. The average molecular weight is 443 g/mol. The van der Waals surface area contributed by atoms with Crippen molar-refractivity contribution in [3.8, 4) is 0 Å². The SMILES string of the molecule is CCCCCCCC/C=C/N(N=O)c1ccc(N(/C=C/CCCCCCCC)N=O)cc1. The molecule has 178 valence electrons. The number of allylic oxidation sites excluding steroid dienone is 2. The first kappa shape index (κ1) is 27.5. The molecule has 0 bridgehead atoms. The highest BCUT2D eigenvalue weighted by molar-refractivity contribution is 5.57. The van der Waals surface area contributed by atoms with E-state index in [4.69, 9.17) is 0 Å². The van der Waals surface area contributed by atoms with Crippen LogP contribution in [0, 0.1) is 9.81 Å². The van der Waals surface area contributed by atoms with E-state index >= 15 is 0 Å². The Morgan fingerprint density at radius 1 is 0.594 bits per heavy atom. The highest BCUT2D eigenvalue weighted by Crippen LogP contribution is 2.22. The number of nitrogens with zero attached hydrogens (tertiary/aromatic N) is 4. The summed E-state index contributed by atoms with van der Waals surface area (Å²) >= 11 is 0. The minimum absolute atomic E-state index is 0.657. The summed E-state index contributed by atoms with van der Waals surface area (Å²) in [5.74, 6) is 0. The third-order valence-electron chi connectivity index (χ3n) is 5.50. The van der Waals surface area contributed by atoms with E-state index in [1.165, 1.54) is 74.2 Å². The van der Waals surface area contributed by atoms with Gasteiger partial charge in [-0.05, 0) is 49.9 Å².